The van der Waals surface area contributed by atoms with Crippen LogP contribution in [0.2, 0.25) is 0 Å². The molecule has 0 aliphatic rings. The lowest BCUT2D eigenvalue weighted by molar-refractivity contribution is -0.139. The Bertz CT molecular complexity index is 642. The van der Waals surface area contributed by atoms with Gasteiger partial charge in [0.2, 0.25) is 0 Å². The third-order valence-electron chi connectivity index (χ3n) is 2.55. The van der Waals surface area contributed by atoms with Crippen molar-refractivity contribution in [3.63, 3.8) is 0 Å². The Balaban J connectivity index is 2.25. The van der Waals surface area contributed by atoms with Crippen LogP contribution in [0.1, 0.15) is 21.3 Å². The Kier molecular flexibility index (Phi) is 3.99. The average Bonchev–Trinajstić information content (AvgIpc) is 2.91. The second kappa shape index (κ2) is 5.70. The monoisotopic (exact) mass is 295 g/mol. The van der Waals surface area contributed by atoms with E-state index in [1.165, 1.54) is 11.3 Å². The summed E-state index contributed by atoms with van der Waals surface area (Å²) in [6.45, 7) is 0. The summed E-state index contributed by atoms with van der Waals surface area (Å²) < 4.78 is 13.1. The topological polar surface area (TPSA) is 86.6 Å². The number of rotatable bonds is 4. The van der Waals surface area contributed by atoms with E-state index < -0.39 is 29.5 Å². The number of carbonyl (C=O) groups is 2. The molecule has 0 aliphatic carbocycles. The minimum atomic E-state index is -1.25. The van der Waals surface area contributed by atoms with Gasteiger partial charge in [-0.3, -0.25) is 4.79 Å². The Labute approximate surface area is 117 Å². The maximum Gasteiger partial charge on any atom is 0.331 e. The lowest BCUT2D eigenvalue weighted by Crippen LogP contribution is -2.33. The Hall–Kier alpha value is -2.41. The van der Waals surface area contributed by atoms with Gasteiger partial charge in [-0.2, -0.15) is 0 Å². The van der Waals surface area contributed by atoms with Crippen LogP contribution in [0.3, 0.4) is 0 Å². The zero-order chi connectivity index (χ0) is 14.7. The summed E-state index contributed by atoms with van der Waals surface area (Å²) >= 11 is 1.17. The fourth-order valence-electron chi connectivity index (χ4n) is 1.61. The molecule has 0 fully saturated rings. The van der Waals surface area contributed by atoms with Crippen molar-refractivity contribution in [3.05, 3.63) is 52.0 Å². The van der Waals surface area contributed by atoms with Crippen molar-refractivity contribution in [1.82, 2.24) is 5.32 Å². The molecule has 0 bridgehead atoms. The van der Waals surface area contributed by atoms with E-state index in [9.17, 15) is 19.1 Å². The van der Waals surface area contributed by atoms with Crippen LogP contribution < -0.4 is 5.32 Å². The number of halogens is 1. The molecule has 5 nitrogen and oxygen atoms in total. The molecule has 1 heterocycles. The molecule has 1 aromatic heterocycles. The molecule has 1 unspecified atom stereocenters. The number of benzene rings is 1. The molecule has 1 atom stereocenters. The molecule has 2 aromatic rings. The summed E-state index contributed by atoms with van der Waals surface area (Å²) in [7, 11) is 0. The van der Waals surface area contributed by atoms with Crippen molar-refractivity contribution >= 4 is 23.2 Å². The molecular weight excluding hydrogens is 285 g/mol. The molecule has 0 radical (unpaired) electrons. The highest BCUT2D eigenvalue weighted by atomic mass is 32.1. The van der Waals surface area contributed by atoms with Gasteiger partial charge in [-0.15, -0.1) is 11.3 Å². The fourth-order valence-corrected chi connectivity index (χ4v) is 2.38. The fraction of sp³-hybridized carbons (Fsp3) is 0.0769. The number of carboxylic acids is 1. The first-order valence-electron chi connectivity index (χ1n) is 5.54. The molecule has 3 N–H and O–H groups in total. The maximum absolute atomic E-state index is 13.1. The first kappa shape index (κ1) is 14.0. The molecule has 1 aromatic carbocycles. The van der Waals surface area contributed by atoms with Gasteiger partial charge in [0.05, 0.1) is 5.56 Å². The predicted octanol–water partition coefficient (Wildman–Crippen LogP) is 2.15. The number of thiophene rings is 1. The lowest BCUT2D eigenvalue weighted by atomic mass is 10.1. The van der Waals surface area contributed by atoms with Gasteiger partial charge in [-0.25, -0.2) is 9.18 Å². The highest BCUT2D eigenvalue weighted by Gasteiger charge is 2.24. The van der Waals surface area contributed by atoms with Gasteiger partial charge in [0.15, 0.2) is 6.04 Å². The molecule has 7 heteroatoms. The van der Waals surface area contributed by atoms with Gasteiger partial charge < -0.3 is 15.5 Å². The standard InChI is InChI=1S/C13H10FNO4S/c14-7-3-4-9(16)8(6-7)12(17)15-11(13(18)19)10-2-1-5-20-10/h1-6,11,16H,(H,15,17)(H,18,19). The van der Waals surface area contributed by atoms with Crippen LogP contribution in [0.25, 0.3) is 0 Å². The molecule has 0 saturated carbocycles. The Morgan fingerprint density at radius 3 is 2.65 bits per heavy atom. The third kappa shape index (κ3) is 2.94. The second-order valence-corrected chi connectivity index (χ2v) is 4.90. The van der Waals surface area contributed by atoms with Crippen LogP contribution in [-0.4, -0.2) is 22.1 Å². The highest BCUT2D eigenvalue weighted by molar-refractivity contribution is 7.10. The lowest BCUT2D eigenvalue weighted by Gasteiger charge is -2.13. The summed E-state index contributed by atoms with van der Waals surface area (Å²) in [5, 5.41) is 22.6. The van der Waals surface area contributed by atoms with Crippen molar-refractivity contribution in [2.75, 3.05) is 0 Å². The van der Waals surface area contributed by atoms with Crippen LogP contribution in [0.4, 0.5) is 4.39 Å². The van der Waals surface area contributed by atoms with Gasteiger partial charge in [0.1, 0.15) is 11.6 Å². The molecule has 0 aliphatic heterocycles. The molecule has 20 heavy (non-hydrogen) atoms. The molecular formula is C13H10FNO4S. The van der Waals surface area contributed by atoms with E-state index in [-0.39, 0.29) is 5.56 Å². The van der Waals surface area contributed by atoms with Gasteiger partial charge in [-0.05, 0) is 29.6 Å². The van der Waals surface area contributed by atoms with Crippen LogP contribution in [0.5, 0.6) is 5.75 Å². The molecule has 2 rings (SSSR count). The minimum Gasteiger partial charge on any atom is -0.507 e. The van der Waals surface area contributed by atoms with E-state index in [4.69, 9.17) is 5.11 Å². The Morgan fingerprint density at radius 1 is 1.30 bits per heavy atom. The SMILES string of the molecule is O=C(NC(C(=O)O)c1cccs1)c1cc(F)ccc1O. The van der Waals surface area contributed by atoms with Gasteiger partial charge >= 0.3 is 5.97 Å². The van der Waals surface area contributed by atoms with Crippen molar-refractivity contribution in [2.45, 2.75) is 6.04 Å². The van der Waals surface area contributed by atoms with Crippen LogP contribution in [0, 0.1) is 5.82 Å². The summed E-state index contributed by atoms with van der Waals surface area (Å²) in [5.41, 5.74) is -0.312. The van der Waals surface area contributed by atoms with Crippen LogP contribution >= 0.6 is 11.3 Å². The van der Waals surface area contributed by atoms with Crippen molar-refractivity contribution in [1.29, 1.82) is 0 Å². The summed E-state index contributed by atoms with van der Waals surface area (Å²) in [5.74, 6) is -3.21. The number of aromatic hydroxyl groups is 1. The number of hydrogen-bond acceptors (Lipinski definition) is 4. The largest absolute Gasteiger partial charge is 0.507 e. The second-order valence-electron chi connectivity index (χ2n) is 3.92. The van der Waals surface area contributed by atoms with Gasteiger partial charge in [0, 0.05) is 4.88 Å². The first-order valence-corrected chi connectivity index (χ1v) is 6.42. The van der Waals surface area contributed by atoms with E-state index in [1.807, 2.05) is 0 Å². The third-order valence-corrected chi connectivity index (χ3v) is 3.49. The summed E-state index contributed by atoms with van der Waals surface area (Å²) in [6.07, 6.45) is 0. The van der Waals surface area contributed by atoms with Crippen LogP contribution in [0.15, 0.2) is 35.7 Å². The van der Waals surface area contributed by atoms with E-state index in [0.29, 0.717) is 4.88 Å². The number of carboxylic acid groups (broad SMARTS) is 1. The number of phenolic OH excluding ortho intramolecular Hbond substituents is 1. The smallest absolute Gasteiger partial charge is 0.331 e. The van der Waals surface area contributed by atoms with E-state index in [0.717, 1.165) is 18.2 Å². The zero-order valence-corrected chi connectivity index (χ0v) is 10.9. The summed E-state index contributed by atoms with van der Waals surface area (Å²) in [4.78, 5) is 23.5. The average molecular weight is 295 g/mol. The van der Waals surface area contributed by atoms with E-state index in [2.05, 4.69) is 5.32 Å². The maximum atomic E-state index is 13.1. The Morgan fingerprint density at radius 2 is 2.05 bits per heavy atom. The quantitative estimate of drug-likeness (QED) is 0.806. The van der Waals surface area contributed by atoms with Crippen molar-refractivity contribution < 1.29 is 24.2 Å². The van der Waals surface area contributed by atoms with E-state index >= 15 is 0 Å². The minimum absolute atomic E-state index is 0.312. The first-order chi connectivity index (χ1) is 9.49. The molecule has 0 saturated heterocycles. The number of hydrogen-bond donors (Lipinski definition) is 3. The summed E-state index contributed by atoms with van der Waals surface area (Å²) in [6, 6.07) is 4.85. The van der Waals surface area contributed by atoms with Crippen LogP contribution in [-0.2, 0) is 4.79 Å². The van der Waals surface area contributed by atoms with Gasteiger partial charge in [-0.1, -0.05) is 6.07 Å². The normalized spacial score (nSPS) is 11.8. The van der Waals surface area contributed by atoms with Gasteiger partial charge in [0.25, 0.3) is 5.91 Å². The molecule has 104 valence electrons. The number of amides is 1. The molecule has 0 spiro atoms. The number of aliphatic carboxylic acids is 1. The number of carbonyl (C=O) groups excluding carboxylic acids is 1. The van der Waals surface area contributed by atoms with Crippen molar-refractivity contribution in [2.24, 2.45) is 0 Å². The predicted molar refractivity (Wildman–Crippen MR) is 70.2 cm³/mol. The van der Waals surface area contributed by atoms with E-state index in [1.54, 1.807) is 17.5 Å². The zero-order valence-electron chi connectivity index (χ0n) is 10.0. The molecule has 1 amide bonds. The highest BCUT2D eigenvalue weighted by Crippen LogP contribution is 2.22. The number of nitrogens with one attached hydrogen (secondary N) is 1. The van der Waals surface area contributed by atoms with Crippen molar-refractivity contribution in [3.8, 4) is 5.75 Å². The number of phenols is 1.